The third kappa shape index (κ3) is 3.53. The Bertz CT molecular complexity index is 342. The third-order valence-electron chi connectivity index (χ3n) is 1.95. The van der Waals surface area contributed by atoms with Gasteiger partial charge in [0.1, 0.15) is 0 Å². The van der Waals surface area contributed by atoms with Crippen LogP contribution in [0, 0.1) is 0 Å². The molecule has 0 aliphatic rings. The summed E-state index contributed by atoms with van der Waals surface area (Å²) in [6.07, 6.45) is -2.51. The van der Waals surface area contributed by atoms with Gasteiger partial charge in [0, 0.05) is 12.2 Å². The zero-order chi connectivity index (χ0) is 11.3. The molecule has 3 N–H and O–H groups in total. The first-order chi connectivity index (χ1) is 7.11. The lowest BCUT2D eigenvalue weighted by atomic mass is 10.1. The summed E-state index contributed by atoms with van der Waals surface area (Å²) in [5, 5.41) is 2.11. The van der Waals surface area contributed by atoms with E-state index in [0.29, 0.717) is 12.1 Å². The maximum Gasteiger partial charge on any atom is 0.315 e. The summed E-state index contributed by atoms with van der Waals surface area (Å²) < 4.78 is 23.6. The van der Waals surface area contributed by atoms with Gasteiger partial charge in [-0.25, -0.2) is 0 Å². The highest BCUT2D eigenvalue weighted by molar-refractivity contribution is 5.79. The van der Waals surface area contributed by atoms with E-state index >= 15 is 0 Å². The van der Waals surface area contributed by atoms with E-state index in [1.54, 1.807) is 24.3 Å². The van der Waals surface area contributed by atoms with Gasteiger partial charge in [0.25, 0.3) is 5.91 Å². The van der Waals surface area contributed by atoms with Gasteiger partial charge >= 0.3 is 6.43 Å². The average Bonchev–Trinajstić information content (AvgIpc) is 2.20. The van der Waals surface area contributed by atoms with Gasteiger partial charge < -0.3 is 11.1 Å². The Kier molecular flexibility index (Phi) is 4.03. The molecule has 0 radical (unpaired) electrons. The number of nitrogen functional groups attached to an aromatic ring is 1. The van der Waals surface area contributed by atoms with E-state index in [9.17, 15) is 13.6 Å². The van der Waals surface area contributed by atoms with Crippen LogP contribution in [0.15, 0.2) is 24.3 Å². The maximum atomic E-state index is 11.8. The SMILES string of the molecule is Nc1ccccc1CCNC(=O)C(F)F. The standard InChI is InChI=1S/C10H12F2N2O/c11-9(12)10(15)14-6-5-7-3-1-2-4-8(7)13/h1-4,9H,5-6,13H2,(H,14,15). The summed E-state index contributed by atoms with van der Waals surface area (Å²) in [5.74, 6) is -1.25. The highest BCUT2D eigenvalue weighted by atomic mass is 19.3. The number of amides is 1. The largest absolute Gasteiger partial charge is 0.399 e. The molecule has 0 heterocycles. The summed E-state index contributed by atoms with van der Waals surface area (Å²) in [7, 11) is 0. The van der Waals surface area contributed by atoms with Crippen LogP contribution in [0.4, 0.5) is 14.5 Å². The van der Waals surface area contributed by atoms with Crippen LogP contribution < -0.4 is 11.1 Å². The second kappa shape index (κ2) is 5.29. The second-order valence-corrected chi connectivity index (χ2v) is 3.04. The van der Waals surface area contributed by atoms with Crippen LogP contribution in [0.2, 0.25) is 0 Å². The molecule has 5 heteroatoms. The van der Waals surface area contributed by atoms with Crippen molar-refractivity contribution in [2.75, 3.05) is 12.3 Å². The van der Waals surface area contributed by atoms with Gasteiger partial charge in [0.15, 0.2) is 0 Å². The molecule has 3 nitrogen and oxygen atoms in total. The summed E-state index contributed by atoms with van der Waals surface area (Å²) in [5.41, 5.74) is 7.08. The molecule has 0 unspecified atom stereocenters. The van der Waals surface area contributed by atoms with Crippen molar-refractivity contribution in [1.29, 1.82) is 0 Å². The molecule has 0 aromatic heterocycles. The number of hydrogen-bond donors (Lipinski definition) is 2. The number of halogens is 2. The fraction of sp³-hybridized carbons (Fsp3) is 0.300. The van der Waals surface area contributed by atoms with Crippen LogP contribution in [0.25, 0.3) is 0 Å². The first kappa shape index (κ1) is 11.4. The number of benzene rings is 1. The van der Waals surface area contributed by atoms with E-state index in [4.69, 9.17) is 5.73 Å². The van der Waals surface area contributed by atoms with Gasteiger partial charge in [-0.3, -0.25) is 4.79 Å². The van der Waals surface area contributed by atoms with Crippen LogP contribution in [-0.2, 0) is 11.2 Å². The first-order valence-electron chi connectivity index (χ1n) is 4.50. The molecule has 0 aliphatic heterocycles. The van der Waals surface area contributed by atoms with E-state index in [2.05, 4.69) is 5.32 Å². The van der Waals surface area contributed by atoms with Crippen LogP contribution in [-0.4, -0.2) is 18.9 Å². The minimum Gasteiger partial charge on any atom is -0.399 e. The first-order valence-corrected chi connectivity index (χ1v) is 4.50. The summed E-state index contributed by atoms with van der Waals surface area (Å²) in [6.45, 7) is 0.164. The normalized spacial score (nSPS) is 10.3. The molecular formula is C10H12F2N2O. The Morgan fingerprint density at radius 3 is 2.67 bits per heavy atom. The number of anilines is 1. The van der Waals surface area contributed by atoms with Gasteiger partial charge in [-0.2, -0.15) is 8.78 Å². The van der Waals surface area contributed by atoms with Crippen molar-refractivity contribution < 1.29 is 13.6 Å². The quantitative estimate of drug-likeness (QED) is 0.740. The predicted molar refractivity (Wildman–Crippen MR) is 53.6 cm³/mol. The summed E-state index contributed by atoms with van der Waals surface area (Å²) in [6, 6.07) is 7.12. The van der Waals surface area contributed by atoms with Crippen molar-refractivity contribution in [3.05, 3.63) is 29.8 Å². The molecule has 15 heavy (non-hydrogen) atoms. The predicted octanol–water partition coefficient (Wildman–Crippen LogP) is 1.19. The van der Waals surface area contributed by atoms with E-state index < -0.39 is 12.3 Å². The van der Waals surface area contributed by atoms with Crippen LogP contribution in [0.3, 0.4) is 0 Å². The monoisotopic (exact) mass is 214 g/mol. The highest BCUT2D eigenvalue weighted by Gasteiger charge is 2.13. The molecule has 0 saturated carbocycles. The molecule has 1 aromatic rings. The van der Waals surface area contributed by atoms with Crippen molar-refractivity contribution in [2.24, 2.45) is 0 Å². The second-order valence-electron chi connectivity index (χ2n) is 3.04. The van der Waals surface area contributed by atoms with E-state index in [1.165, 1.54) is 0 Å². The van der Waals surface area contributed by atoms with Crippen molar-refractivity contribution in [3.63, 3.8) is 0 Å². The number of nitrogens with one attached hydrogen (secondary N) is 1. The molecule has 0 spiro atoms. The molecule has 1 rings (SSSR count). The van der Waals surface area contributed by atoms with Crippen molar-refractivity contribution >= 4 is 11.6 Å². The lowest BCUT2D eigenvalue weighted by Crippen LogP contribution is -2.31. The maximum absolute atomic E-state index is 11.8. The molecule has 0 saturated heterocycles. The fourth-order valence-electron chi connectivity index (χ4n) is 1.16. The van der Waals surface area contributed by atoms with Crippen molar-refractivity contribution in [3.8, 4) is 0 Å². The minimum atomic E-state index is -2.96. The van der Waals surface area contributed by atoms with Crippen LogP contribution >= 0.6 is 0 Å². The Balaban J connectivity index is 2.38. The number of rotatable bonds is 4. The molecule has 0 bridgehead atoms. The molecule has 0 fully saturated rings. The Hall–Kier alpha value is -1.65. The highest BCUT2D eigenvalue weighted by Crippen LogP contribution is 2.10. The van der Waals surface area contributed by atoms with E-state index in [1.807, 2.05) is 0 Å². The molecular weight excluding hydrogens is 202 g/mol. The van der Waals surface area contributed by atoms with E-state index in [-0.39, 0.29) is 6.54 Å². The smallest absolute Gasteiger partial charge is 0.315 e. The number of carbonyl (C=O) groups is 1. The van der Waals surface area contributed by atoms with Gasteiger partial charge in [0.2, 0.25) is 0 Å². The number of hydrogen-bond acceptors (Lipinski definition) is 2. The molecule has 82 valence electrons. The number of nitrogens with two attached hydrogens (primary N) is 1. The minimum absolute atomic E-state index is 0.164. The Labute approximate surface area is 86.3 Å². The number of alkyl halides is 2. The Morgan fingerprint density at radius 2 is 2.07 bits per heavy atom. The fourth-order valence-corrected chi connectivity index (χ4v) is 1.16. The zero-order valence-electron chi connectivity index (χ0n) is 8.04. The number of para-hydroxylation sites is 1. The lowest BCUT2D eigenvalue weighted by Gasteiger charge is -2.06. The molecule has 1 aromatic carbocycles. The van der Waals surface area contributed by atoms with Crippen LogP contribution in [0.5, 0.6) is 0 Å². The molecule has 1 amide bonds. The average molecular weight is 214 g/mol. The lowest BCUT2D eigenvalue weighted by molar-refractivity contribution is -0.131. The van der Waals surface area contributed by atoms with Gasteiger partial charge in [0.05, 0.1) is 0 Å². The summed E-state index contributed by atoms with van der Waals surface area (Å²) >= 11 is 0. The van der Waals surface area contributed by atoms with Crippen molar-refractivity contribution in [1.82, 2.24) is 5.32 Å². The van der Waals surface area contributed by atoms with E-state index in [0.717, 1.165) is 5.56 Å². The number of carbonyl (C=O) groups excluding carboxylic acids is 1. The molecule has 0 atom stereocenters. The Morgan fingerprint density at radius 1 is 1.40 bits per heavy atom. The van der Waals surface area contributed by atoms with Crippen molar-refractivity contribution in [2.45, 2.75) is 12.8 Å². The topological polar surface area (TPSA) is 55.1 Å². The third-order valence-corrected chi connectivity index (χ3v) is 1.95. The molecule has 0 aliphatic carbocycles. The summed E-state index contributed by atoms with van der Waals surface area (Å²) in [4.78, 5) is 10.5. The van der Waals surface area contributed by atoms with Gasteiger partial charge in [-0.1, -0.05) is 18.2 Å². The van der Waals surface area contributed by atoms with Crippen LogP contribution in [0.1, 0.15) is 5.56 Å². The zero-order valence-corrected chi connectivity index (χ0v) is 8.04. The van der Waals surface area contributed by atoms with Gasteiger partial charge in [-0.15, -0.1) is 0 Å². The van der Waals surface area contributed by atoms with Gasteiger partial charge in [-0.05, 0) is 18.1 Å².